The Balaban J connectivity index is 3.62. The summed E-state index contributed by atoms with van der Waals surface area (Å²) in [5.74, 6) is -0.507. The fourth-order valence-electron chi connectivity index (χ4n) is 1.18. The van der Waals surface area contributed by atoms with Gasteiger partial charge in [0.1, 0.15) is 10.7 Å². The molecule has 1 heterocycles. The lowest BCUT2D eigenvalue weighted by atomic mass is 10.2. The van der Waals surface area contributed by atoms with Crippen LogP contribution in [0.3, 0.4) is 0 Å². The molecule has 15 heavy (non-hydrogen) atoms. The number of nitrogens with two attached hydrogens (primary N) is 2. The zero-order valence-electron chi connectivity index (χ0n) is 7.74. The maximum atomic E-state index is 12.5. The second-order valence-electron chi connectivity index (χ2n) is 2.91. The smallest absolute Gasteiger partial charge is 0.265 e. The van der Waals surface area contributed by atoms with Crippen molar-refractivity contribution in [2.75, 3.05) is 5.73 Å². The third-order valence-electron chi connectivity index (χ3n) is 1.68. The van der Waals surface area contributed by atoms with Gasteiger partial charge in [0, 0.05) is 11.3 Å². The van der Waals surface area contributed by atoms with E-state index in [1.807, 2.05) is 0 Å². The highest BCUT2D eigenvalue weighted by atomic mass is 32.2. The van der Waals surface area contributed by atoms with Gasteiger partial charge in [-0.1, -0.05) is 0 Å². The first-order valence-corrected chi connectivity index (χ1v) is 5.36. The highest BCUT2D eigenvalue weighted by molar-refractivity contribution is 7.89. The van der Waals surface area contributed by atoms with Crippen LogP contribution in [0.15, 0.2) is 11.0 Å². The predicted molar refractivity (Wildman–Crippen MR) is 49.7 cm³/mol. The van der Waals surface area contributed by atoms with E-state index in [9.17, 15) is 17.2 Å². The topological polar surface area (TPSA) is 99.1 Å². The van der Waals surface area contributed by atoms with Gasteiger partial charge in [-0.3, -0.25) is 0 Å². The van der Waals surface area contributed by atoms with Gasteiger partial charge in [-0.2, -0.15) is 0 Å². The number of alkyl halides is 2. The molecule has 84 valence electrons. The van der Waals surface area contributed by atoms with Crippen LogP contribution >= 0.6 is 0 Å². The van der Waals surface area contributed by atoms with Crippen molar-refractivity contribution < 1.29 is 17.2 Å². The van der Waals surface area contributed by atoms with Crippen molar-refractivity contribution in [1.82, 2.24) is 4.98 Å². The molecule has 0 amide bonds. The average Bonchev–Trinajstić information content (AvgIpc) is 1.99. The Hall–Kier alpha value is -1.28. The van der Waals surface area contributed by atoms with E-state index in [-0.39, 0.29) is 5.69 Å². The predicted octanol–water partition coefficient (Wildman–Crippen LogP) is 0.557. The summed E-state index contributed by atoms with van der Waals surface area (Å²) < 4.78 is 47.1. The van der Waals surface area contributed by atoms with Crippen LogP contribution in [0.5, 0.6) is 0 Å². The maximum absolute atomic E-state index is 12.5. The van der Waals surface area contributed by atoms with Gasteiger partial charge in [-0.05, 0) is 13.0 Å². The molecule has 0 saturated carbocycles. The van der Waals surface area contributed by atoms with Crippen LogP contribution in [0, 0.1) is 6.92 Å². The van der Waals surface area contributed by atoms with E-state index in [0.29, 0.717) is 0 Å². The number of pyridine rings is 1. The van der Waals surface area contributed by atoms with Crippen molar-refractivity contribution in [3.8, 4) is 0 Å². The van der Waals surface area contributed by atoms with Crippen LogP contribution in [0.25, 0.3) is 0 Å². The molecule has 0 spiro atoms. The molecule has 0 bridgehead atoms. The van der Waals surface area contributed by atoms with Gasteiger partial charge in [0.15, 0.2) is 0 Å². The van der Waals surface area contributed by atoms with Crippen molar-refractivity contribution in [3.63, 3.8) is 0 Å². The second kappa shape index (κ2) is 3.70. The molecule has 0 aliphatic rings. The molecule has 0 atom stereocenters. The molecule has 1 rings (SSSR count). The minimum absolute atomic E-state index is 0.204. The molecule has 0 radical (unpaired) electrons. The molecular formula is C7H9F2N3O2S. The quantitative estimate of drug-likeness (QED) is 0.784. The summed E-state index contributed by atoms with van der Waals surface area (Å²) in [6.45, 7) is 1.43. The lowest BCUT2D eigenvalue weighted by Crippen LogP contribution is -2.18. The number of hydrogen-bond acceptors (Lipinski definition) is 4. The lowest BCUT2D eigenvalue weighted by Gasteiger charge is -2.09. The number of nitrogen functional groups attached to an aromatic ring is 1. The molecule has 0 fully saturated rings. The third kappa shape index (κ3) is 2.39. The Bertz CT molecular complexity index is 487. The number of anilines is 1. The van der Waals surface area contributed by atoms with Gasteiger partial charge in [0.2, 0.25) is 10.0 Å². The molecule has 1 aromatic rings. The van der Waals surface area contributed by atoms with Gasteiger partial charge in [-0.25, -0.2) is 27.3 Å². The summed E-state index contributed by atoms with van der Waals surface area (Å²) in [5.41, 5.74) is 4.73. The molecule has 0 aromatic carbocycles. The van der Waals surface area contributed by atoms with E-state index in [1.54, 1.807) is 0 Å². The standard InChI is InChI=1S/C7H9F2N3O2S/c1-3-2-4(6(8)9)5(7(10)12-3)15(11,13)14/h2,6H,1H3,(H2,10,12)(H2,11,13,14). The number of primary sulfonamides is 1. The molecule has 4 N–H and O–H groups in total. The largest absolute Gasteiger partial charge is 0.383 e. The summed E-state index contributed by atoms with van der Waals surface area (Å²) in [7, 11) is -4.29. The number of aromatic nitrogens is 1. The number of rotatable bonds is 2. The van der Waals surface area contributed by atoms with Crippen LogP contribution in [0.2, 0.25) is 0 Å². The van der Waals surface area contributed by atoms with Crippen LogP contribution in [0.1, 0.15) is 17.7 Å². The summed E-state index contributed by atoms with van der Waals surface area (Å²) in [5, 5.41) is 4.77. The zero-order chi connectivity index (χ0) is 11.8. The average molecular weight is 237 g/mol. The summed E-state index contributed by atoms with van der Waals surface area (Å²) >= 11 is 0. The normalized spacial score (nSPS) is 12.1. The molecule has 8 heteroatoms. The third-order valence-corrected chi connectivity index (χ3v) is 2.69. The fraction of sp³-hybridized carbons (Fsp3) is 0.286. The van der Waals surface area contributed by atoms with E-state index < -0.39 is 32.7 Å². The Morgan fingerprint density at radius 2 is 2.00 bits per heavy atom. The Morgan fingerprint density at radius 3 is 2.40 bits per heavy atom. The maximum Gasteiger partial charge on any atom is 0.265 e. The van der Waals surface area contributed by atoms with Crippen molar-refractivity contribution in [3.05, 3.63) is 17.3 Å². The van der Waals surface area contributed by atoms with Gasteiger partial charge in [0.25, 0.3) is 6.43 Å². The SMILES string of the molecule is Cc1cc(C(F)F)c(S(N)(=O)=O)c(N)n1. The molecule has 5 nitrogen and oxygen atoms in total. The molecule has 1 aromatic heterocycles. The minimum atomic E-state index is -4.29. The van der Waals surface area contributed by atoms with Gasteiger partial charge < -0.3 is 5.73 Å². The number of hydrogen-bond donors (Lipinski definition) is 2. The Labute approximate surface area is 85.2 Å². The van der Waals surface area contributed by atoms with Crippen LogP contribution in [0.4, 0.5) is 14.6 Å². The Kier molecular flexibility index (Phi) is 2.91. The molecular weight excluding hydrogens is 228 g/mol. The van der Waals surface area contributed by atoms with E-state index in [4.69, 9.17) is 10.9 Å². The number of sulfonamides is 1. The Morgan fingerprint density at radius 1 is 1.47 bits per heavy atom. The molecule has 0 aliphatic carbocycles. The summed E-state index contributed by atoms with van der Waals surface area (Å²) in [6, 6.07) is 0.945. The summed E-state index contributed by atoms with van der Waals surface area (Å²) in [4.78, 5) is 2.77. The van der Waals surface area contributed by atoms with E-state index in [1.165, 1.54) is 6.92 Å². The first-order chi connectivity index (χ1) is 6.73. The van der Waals surface area contributed by atoms with E-state index >= 15 is 0 Å². The number of aryl methyl sites for hydroxylation is 1. The number of halogens is 2. The van der Waals surface area contributed by atoms with Crippen molar-refractivity contribution >= 4 is 15.8 Å². The van der Waals surface area contributed by atoms with Crippen molar-refractivity contribution in [1.29, 1.82) is 0 Å². The van der Waals surface area contributed by atoms with Crippen LogP contribution in [-0.2, 0) is 10.0 Å². The van der Waals surface area contributed by atoms with Gasteiger partial charge in [0.05, 0.1) is 0 Å². The molecule has 0 saturated heterocycles. The molecule has 0 unspecified atom stereocenters. The second-order valence-corrected chi connectivity index (χ2v) is 4.41. The zero-order valence-corrected chi connectivity index (χ0v) is 8.55. The fourth-order valence-corrected chi connectivity index (χ4v) is 2.00. The first-order valence-electron chi connectivity index (χ1n) is 3.81. The van der Waals surface area contributed by atoms with Crippen molar-refractivity contribution in [2.24, 2.45) is 5.14 Å². The lowest BCUT2D eigenvalue weighted by molar-refractivity contribution is 0.148. The first kappa shape index (κ1) is 11.8. The molecule has 0 aliphatic heterocycles. The highest BCUT2D eigenvalue weighted by Gasteiger charge is 2.24. The van der Waals surface area contributed by atoms with Gasteiger partial charge in [-0.15, -0.1) is 0 Å². The summed E-state index contributed by atoms with van der Waals surface area (Å²) in [6.07, 6.45) is -2.97. The minimum Gasteiger partial charge on any atom is -0.383 e. The monoisotopic (exact) mass is 237 g/mol. The van der Waals surface area contributed by atoms with E-state index in [2.05, 4.69) is 4.98 Å². The van der Waals surface area contributed by atoms with E-state index in [0.717, 1.165) is 6.07 Å². The van der Waals surface area contributed by atoms with Crippen molar-refractivity contribution in [2.45, 2.75) is 18.2 Å². The number of nitrogens with zero attached hydrogens (tertiary/aromatic N) is 1. The van der Waals surface area contributed by atoms with Crippen LogP contribution in [-0.4, -0.2) is 13.4 Å². The van der Waals surface area contributed by atoms with Gasteiger partial charge >= 0.3 is 0 Å². The highest BCUT2D eigenvalue weighted by Crippen LogP contribution is 2.29. The van der Waals surface area contributed by atoms with Crippen LogP contribution < -0.4 is 10.9 Å².